The number of ether oxygens (including phenoxy) is 1. The van der Waals surface area contributed by atoms with Crippen molar-refractivity contribution in [2.75, 3.05) is 18.2 Å². The number of hydrogen-bond donors (Lipinski definition) is 1. The summed E-state index contributed by atoms with van der Waals surface area (Å²) in [6.07, 6.45) is 7.27. The summed E-state index contributed by atoms with van der Waals surface area (Å²) in [4.78, 5) is 23.5. The smallest absolute Gasteiger partial charge is 0.306 e. The summed E-state index contributed by atoms with van der Waals surface area (Å²) >= 11 is 0. The summed E-state index contributed by atoms with van der Waals surface area (Å²) in [7, 11) is -3.34. The van der Waals surface area contributed by atoms with Crippen molar-refractivity contribution < 1.29 is 22.7 Å². The van der Waals surface area contributed by atoms with Gasteiger partial charge in [0.15, 0.2) is 16.4 Å². The summed E-state index contributed by atoms with van der Waals surface area (Å²) in [5.41, 5.74) is 0.340. The topological polar surface area (TPSA) is 89.5 Å². The average Bonchev–Trinajstić information content (AvgIpc) is 2.97. The third kappa shape index (κ3) is 5.52. The van der Waals surface area contributed by atoms with Crippen LogP contribution in [0.25, 0.3) is 0 Å². The van der Waals surface area contributed by atoms with Gasteiger partial charge in [0.25, 0.3) is 5.91 Å². The van der Waals surface area contributed by atoms with E-state index in [0.29, 0.717) is 5.69 Å². The van der Waals surface area contributed by atoms with Gasteiger partial charge in [-0.1, -0.05) is 18.2 Å². The highest BCUT2D eigenvalue weighted by atomic mass is 32.2. The van der Waals surface area contributed by atoms with E-state index in [1.54, 1.807) is 6.07 Å². The largest absolute Gasteiger partial charge is 0.456 e. The Kier molecular flexibility index (Phi) is 5.54. The van der Waals surface area contributed by atoms with Crippen molar-refractivity contribution in [3.8, 4) is 0 Å². The quantitative estimate of drug-likeness (QED) is 0.633. The molecule has 0 radical (unpaired) electrons. The predicted octanol–water partition coefficient (Wildman–Crippen LogP) is 1.93. The van der Waals surface area contributed by atoms with Crippen molar-refractivity contribution in [3.63, 3.8) is 0 Å². The number of rotatable bonds is 6. The Bertz CT molecular complexity index is 724. The van der Waals surface area contributed by atoms with E-state index in [9.17, 15) is 18.0 Å². The molecule has 1 N–H and O–H groups in total. The van der Waals surface area contributed by atoms with Crippen LogP contribution in [0, 0.1) is 5.92 Å². The van der Waals surface area contributed by atoms with E-state index >= 15 is 0 Å². The van der Waals surface area contributed by atoms with Gasteiger partial charge in [0, 0.05) is 11.9 Å². The molecule has 0 aromatic heterocycles. The fourth-order valence-electron chi connectivity index (χ4n) is 2.29. The number of hydrogen-bond acceptors (Lipinski definition) is 5. The molecule has 0 spiro atoms. The number of sulfone groups is 1. The van der Waals surface area contributed by atoms with Crippen LogP contribution in [0.5, 0.6) is 0 Å². The van der Waals surface area contributed by atoms with E-state index < -0.39 is 28.3 Å². The molecule has 0 bridgehead atoms. The molecular weight excluding hydrogens is 318 g/mol. The summed E-state index contributed by atoms with van der Waals surface area (Å²) in [5, 5.41) is 2.51. The van der Waals surface area contributed by atoms with Crippen LogP contribution in [-0.4, -0.2) is 33.2 Å². The molecule has 23 heavy (non-hydrogen) atoms. The molecule has 0 fully saturated rings. The lowest BCUT2D eigenvalue weighted by molar-refractivity contribution is -0.147. The Morgan fingerprint density at radius 3 is 2.78 bits per heavy atom. The van der Waals surface area contributed by atoms with E-state index in [0.717, 1.165) is 19.1 Å². The van der Waals surface area contributed by atoms with Gasteiger partial charge in [-0.15, -0.1) is 0 Å². The third-order valence-corrected chi connectivity index (χ3v) is 4.56. The Balaban J connectivity index is 1.82. The summed E-state index contributed by atoms with van der Waals surface area (Å²) in [6, 6.07) is 5.90. The molecule has 2 rings (SSSR count). The van der Waals surface area contributed by atoms with Gasteiger partial charge in [-0.25, -0.2) is 8.42 Å². The second-order valence-corrected chi connectivity index (χ2v) is 7.49. The van der Waals surface area contributed by atoms with Crippen LogP contribution in [0.15, 0.2) is 41.3 Å². The molecule has 0 heterocycles. The maximum atomic E-state index is 11.8. The molecule has 7 heteroatoms. The summed E-state index contributed by atoms with van der Waals surface area (Å²) < 4.78 is 27.9. The normalized spacial score (nSPS) is 17.0. The molecule has 1 aromatic rings. The molecule has 1 atom stereocenters. The second kappa shape index (κ2) is 7.41. The number of carbonyl (C=O) groups is 2. The predicted molar refractivity (Wildman–Crippen MR) is 85.6 cm³/mol. The summed E-state index contributed by atoms with van der Waals surface area (Å²) in [6.45, 7) is -0.391. The molecule has 1 aliphatic carbocycles. The molecule has 0 saturated carbocycles. The maximum Gasteiger partial charge on any atom is 0.306 e. The minimum absolute atomic E-state index is 0.111. The highest BCUT2D eigenvalue weighted by molar-refractivity contribution is 7.90. The van der Waals surface area contributed by atoms with Gasteiger partial charge in [-0.05, 0) is 37.0 Å². The van der Waals surface area contributed by atoms with Crippen molar-refractivity contribution in [2.45, 2.75) is 24.2 Å². The second-order valence-electron chi connectivity index (χ2n) is 5.48. The molecule has 124 valence electrons. The van der Waals surface area contributed by atoms with E-state index in [1.807, 2.05) is 12.2 Å². The fourth-order valence-corrected chi connectivity index (χ4v) is 2.95. The van der Waals surface area contributed by atoms with Crippen LogP contribution in [0.2, 0.25) is 0 Å². The van der Waals surface area contributed by atoms with E-state index in [2.05, 4.69) is 5.32 Å². The monoisotopic (exact) mass is 337 g/mol. The zero-order chi connectivity index (χ0) is 16.9. The molecule has 0 unspecified atom stereocenters. The van der Waals surface area contributed by atoms with E-state index in [4.69, 9.17) is 4.74 Å². The first-order chi connectivity index (χ1) is 10.8. The van der Waals surface area contributed by atoms with Crippen LogP contribution in [0.3, 0.4) is 0 Å². The van der Waals surface area contributed by atoms with Crippen LogP contribution < -0.4 is 5.32 Å². The molecule has 1 aromatic carbocycles. The third-order valence-electron chi connectivity index (χ3n) is 3.45. The Hall–Kier alpha value is -2.15. The van der Waals surface area contributed by atoms with E-state index in [-0.39, 0.29) is 17.2 Å². The van der Waals surface area contributed by atoms with Crippen LogP contribution in [0.4, 0.5) is 5.69 Å². The number of allylic oxidation sites excluding steroid dienone is 2. The Morgan fingerprint density at radius 2 is 2.13 bits per heavy atom. The molecule has 1 aliphatic rings. The number of anilines is 1. The number of amides is 1. The van der Waals surface area contributed by atoms with Crippen molar-refractivity contribution in [3.05, 3.63) is 36.4 Å². The standard InChI is InChI=1S/C16H19NO5S/c1-23(20,21)14-8-4-7-13(10-14)17-15(18)11-22-16(19)9-12-5-2-3-6-12/h2,4-5,7-8,10,12H,3,6,9,11H2,1H3,(H,17,18)/t12-/m0/s1. The van der Waals surface area contributed by atoms with Gasteiger partial charge in [-0.2, -0.15) is 0 Å². The lowest BCUT2D eigenvalue weighted by Crippen LogP contribution is -2.21. The maximum absolute atomic E-state index is 11.8. The summed E-state index contributed by atoms with van der Waals surface area (Å²) in [5.74, 6) is -0.732. The lowest BCUT2D eigenvalue weighted by Gasteiger charge is -2.09. The molecular formula is C16H19NO5S. The average molecular weight is 337 g/mol. The molecule has 0 saturated heterocycles. The zero-order valence-corrected chi connectivity index (χ0v) is 13.6. The molecule has 1 amide bonds. The number of nitrogens with one attached hydrogen (secondary N) is 1. The highest BCUT2D eigenvalue weighted by Crippen LogP contribution is 2.20. The highest BCUT2D eigenvalue weighted by Gasteiger charge is 2.16. The fraction of sp³-hybridized carbons (Fsp3) is 0.375. The van der Waals surface area contributed by atoms with Crippen molar-refractivity contribution in [1.29, 1.82) is 0 Å². The van der Waals surface area contributed by atoms with Gasteiger partial charge in [-0.3, -0.25) is 9.59 Å². The Labute approximate surface area is 135 Å². The molecule has 6 nitrogen and oxygen atoms in total. The van der Waals surface area contributed by atoms with Crippen LogP contribution >= 0.6 is 0 Å². The van der Waals surface area contributed by atoms with Crippen molar-refractivity contribution >= 4 is 27.4 Å². The first kappa shape index (κ1) is 17.2. The van der Waals surface area contributed by atoms with Gasteiger partial charge in [0.05, 0.1) is 11.3 Å². The van der Waals surface area contributed by atoms with Crippen LogP contribution in [-0.2, 0) is 24.2 Å². The van der Waals surface area contributed by atoms with Gasteiger partial charge in [0.2, 0.25) is 0 Å². The van der Waals surface area contributed by atoms with E-state index in [1.165, 1.54) is 18.2 Å². The first-order valence-corrected chi connectivity index (χ1v) is 9.16. The number of esters is 1. The zero-order valence-electron chi connectivity index (χ0n) is 12.8. The van der Waals surface area contributed by atoms with Crippen molar-refractivity contribution in [1.82, 2.24) is 0 Å². The minimum Gasteiger partial charge on any atom is -0.456 e. The lowest BCUT2D eigenvalue weighted by atomic mass is 10.1. The molecule has 0 aliphatic heterocycles. The van der Waals surface area contributed by atoms with Gasteiger partial charge >= 0.3 is 5.97 Å². The minimum atomic E-state index is -3.34. The first-order valence-electron chi connectivity index (χ1n) is 7.27. The van der Waals surface area contributed by atoms with Gasteiger partial charge in [0.1, 0.15) is 0 Å². The Morgan fingerprint density at radius 1 is 1.35 bits per heavy atom. The van der Waals surface area contributed by atoms with Gasteiger partial charge < -0.3 is 10.1 Å². The number of benzene rings is 1. The van der Waals surface area contributed by atoms with Crippen LogP contribution in [0.1, 0.15) is 19.3 Å². The van der Waals surface area contributed by atoms with Crippen molar-refractivity contribution in [2.24, 2.45) is 5.92 Å². The SMILES string of the molecule is CS(=O)(=O)c1cccc(NC(=O)COC(=O)C[C@H]2C=CCC2)c1. The number of carbonyl (C=O) groups excluding carboxylic acids is 2.